The normalized spacial score (nSPS) is 14.7. The first-order valence-corrected chi connectivity index (χ1v) is 7.66. The highest BCUT2D eigenvalue weighted by molar-refractivity contribution is 5.74. The van der Waals surface area contributed by atoms with Crippen molar-refractivity contribution in [3.63, 3.8) is 0 Å². The van der Waals surface area contributed by atoms with Gasteiger partial charge >= 0.3 is 6.03 Å². The third kappa shape index (κ3) is 6.01. The van der Waals surface area contributed by atoms with E-state index in [1.165, 1.54) is 0 Å². The van der Waals surface area contributed by atoms with Crippen molar-refractivity contribution >= 4 is 6.03 Å². The molecule has 0 bridgehead atoms. The minimum absolute atomic E-state index is 0.204. The van der Waals surface area contributed by atoms with Crippen LogP contribution >= 0.6 is 0 Å². The highest BCUT2D eigenvalue weighted by Crippen LogP contribution is 2.20. The van der Waals surface area contributed by atoms with Gasteiger partial charge < -0.3 is 20.3 Å². The lowest BCUT2D eigenvalue weighted by Gasteiger charge is -2.15. The Bertz CT molecular complexity index is 479. The van der Waals surface area contributed by atoms with Gasteiger partial charge in [-0.15, -0.1) is 0 Å². The van der Waals surface area contributed by atoms with E-state index < -0.39 is 12.1 Å². The maximum absolute atomic E-state index is 11.8. The summed E-state index contributed by atoms with van der Waals surface area (Å²) in [4.78, 5) is 16.1. The molecule has 0 aliphatic heterocycles. The molecule has 0 saturated heterocycles. The molecule has 1 aromatic heterocycles. The number of nitrogens with zero attached hydrogens (tertiary/aromatic N) is 2. The lowest BCUT2D eigenvalue weighted by molar-refractivity contribution is 0.146. The molecular weight excluding hydrogens is 284 g/mol. The lowest BCUT2D eigenvalue weighted by atomic mass is 9.96. The highest BCUT2D eigenvalue weighted by Gasteiger charge is 2.23. The highest BCUT2D eigenvalue weighted by atomic mass is 16.5. The van der Waals surface area contributed by atoms with Gasteiger partial charge in [-0.2, -0.15) is 4.98 Å². The number of urea groups is 1. The molecule has 0 aliphatic rings. The van der Waals surface area contributed by atoms with Crippen LogP contribution in [0.1, 0.15) is 65.7 Å². The Morgan fingerprint density at radius 1 is 1.32 bits per heavy atom. The second-order valence-electron chi connectivity index (χ2n) is 7.07. The van der Waals surface area contributed by atoms with Gasteiger partial charge in [-0.1, -0.05) is 39.8 Å². The van der Waals surface area contributed by atoms with E-state index in [0.717, 1.165) is 0 Å². The summed E-state index contributed by atoms with van der Waals surface area (Å²) in [6.07, 6.45) is 0.103. The second kappa shape index (κ2) is 7.58. The van der Waals surface area contributed by atoms with Crippen LogP contribution in [0.2, 0.25) is 0 Å². The van der Waals surface area contributed by atoms with Crippen LogP contribution in [0.4, 0.5) is 4.79 Å². The largest absolute Gasteiger partial charge is 0.391 e. The van der Waals surface area contributed by atoms with Crippen LogP contribution in [0.25, 0.3) is 0 Å². The standard InChI is InChI=1S/C15H28N4O3/c1-9(2)7-11(20)8-16-14(21)17-10(3)12-18-13(19-22-12)15(4,5)6/h9-11,20H,7-8H2,1-6H3,(H2,16,17,21). The van der Waals surface area contributed by atoms with Crippen molar-refractivity contribution in [2.45, 2.75) is 65.5 Å². The molecular formula is C15H28N4O3. The Kier molecular flexibility index (Phi) is 6.34. The lowest BCUT2D eigenvalue weighted by Crippen LogP contribution is -2.41. The second-order valence-corrected chi connectivity index (χ2v) is 7.07. The van der Waals surface area contributed by atoms with E-state index in [-0.39, 0.29) is 18.0 Å². The number of aliphatic hydroxyl groups is 1. The molecule has 2 unspecified atom stereocenters. The maximum atomic E-state index is 11.8. The van der Waals surface area contributed by atoms with Crippen LogP contribution in [0, 0.1) is 5.92 Å². The molecule has 0 aromatic carbocycles. The predicted octanol–water partition coefficient (Wildman–Crippen LogP) is 2.13. The van der Waals surface area contributed by atoms with Crippen LogP contribution in [0.5, 0.6) is 0 Å². The average Bonchev–Trinajstić information content (AvgIpc) is 2.85. The van der Waals surface area contributed by atoms with Gasteiger partial charge in [-0.25, -0.2) is 4.79 Å². The smallest absolute Gasteiger partial charge is 0.315 e. The fourth-order valence-corrected chi connectivity index (χ4v) is 1.86. The van der Waals surface area contributed by atoms with Crippen molar-refractivity contribution in [3.8, 4) is 0 Å². The number of hydrogen-bond donors (Lipinski definition) is 3. The van der Waals surface area contributed by atoms with E-state index in [9.17, 15) is 9.90 Å². The van der Waals surface area contributed by atoms with Crippen LogP contribution in [0.15, 0.2) is 4.52 Å². The third-order valence-electron chi connectivity index (χ3n) is 3.07. The molecule has 7 heteroatoms. The molecule has 0 radical (unpaired) electrons. The zero-order valence-electron chi connectivity index (χ0n) is 14.3. The van der Waals surface area contributed by atoms with Crippen LogP contribution in [-0.2, 0) is 5.41 Å². The zero-order chi connectivity index (χ0) is 16.9. The van der Waals surface area contributed by atoms with Gasteiger partial charge in [-0.3, -0.25) is 0 Å². The molecule has 1 heterocycles. The summed E-state index contributed by atoms with van der Waals surface area (Å²) in [5, 5.41) is 19.0. The molecule has 22 heavy (non-hydrogen) atoms. The number of carbonyl (C=O) groups is 1. The number of amides is 2. The summed E-state index contributed by atoms with van der Waals surface area (Å²) in [5.74, 6) is 1.35. The summed E-state index contributed by atoms with van der Waals surface area (Å²) < 4.78 is 5.18. The molecule has 0 aliphatic carbocycles. The Morgan fingerprint density at radius 2 is 1.95 bits per heavy atom. The van der Waals surface area contributed by atoms with Crippen molar-refractivity contribution in [2.24, 2.45) is 5.92 Å². The SMILES string of the molecule is CC(C)CC(O)CNC(=O)NC(C)c1nc(C(C)(C)C)no1. The van der Waals surface area contributed by atoms with Crippen molar-refractivity contribution in [1.29, 1.82) is 0 Å². The van der Waals surface area contributed by atoms with Gasteiger partial charge in [0.2, 0.25) is 5.89 Å². The van der Waals surface area contributed by atoms with Crippen molar-refractivity contribution in [2.75, 3.05) is 6.54 Å². The summed E-state index contributed by atoms with van der Waals surface area (Å²) >= 11 is 0. The first-order chi connectivity index (χ1) is 10.1. The monoisotopic (exact) mass is 312 g/mol. The molecule has 0 spiro atoms. The number of carbonyl (C=O) groups excluding carboxylic acids is 1. The molecule has 126 valence electrons. The number of nitrogens with one attached hydrogen (secondary N) is 2. The Hall–Kier alpha value is -1.63. The topological polar surface area (TPSA) is 100 Å². The van der Waals surface area contributed by atoms with Gasteiger partial charge in [-0.05, 0) is 19.3 Å². The average molecular weight is 312 g/mol. The number of aliphatic hydroxyl groups excluding tert-OH is 1. The molecule has 7 nitrogen and oxygen atoms in total. The number of aromatic nitrogens is 2. The molecule has 1 rings (SSSR count). The Balaban J connectivity index is 2.46. The summed E-state index contributed by atoms with van der Waals surface area (Å²) in [6.45, 7) is 12.0. The first-order valence-electron chi connectivity index (χ1n) is 7.66. The third-order valence-corrected chi connectivity index (χ3v) is 3.07. The van der Waals surface area contributed by atoms with Crippen molar-refractivity contribution in [1.82, 2.24) is 20.8 Å². The Labute approximate surface area is 131 Å². The van der Waals surface area contributed by atoms with E-state index >= 15 is 0 Å². The Morgan fingerprint density at radius 3 is 2.45 bits per heavy atom. The van der Waals surface area contributed by atoms with Gasteiger partial charge in [0.1, 0.15) is 6.04 Å². The summed E-state index contributed by atoms with van der Waals surface area (Å²) in [6, 6.07) is -0.767. The molecule has 2 atom stereocenters. The van der Waals surface area contributed by atoms with Crippen molar-refractivity contribution < 1.29 is 14.4 Å². The van der Waals surface area contributed by atoms with E-state index in [1.807, 2.05) is 34.6 Å². The summed E-state index contributed by atoms with van der Waals surface area (Å²) in [7, 11) is 0. The predicted molar refractivity (Wildman–Crippen MR) is 83.4 cm³/mol. The zero-order valence-corrected chi connectivity index (χ0v) is 14.3. The maximum Gasteiger partial charge on any atom is 0.315 e. The van der Waals surface area contributed by atoms with E-state index in [4.69, 9.17) is 4.52 Å². The molecule has 1 aromatic rings. The van der Waals surface area contributed by atoms with Crippen LogP contribution in [-0.4, -0.2) is 33.9 Å². The van der Waals surface area contributed by atoms with E-state index in [1.54, 1.807) is 6.92 Å². The van der Waals surface area contributed by atoms with E-state index in [2.05, 4.69) is 20.8 Å². The van der Waals surface area contributed by atoms with Crippen molar-refractivity contribution in [3.05, 3.63) is 11.7 Å². The molecule has 2 amide bonds. The molecule has 0 fully saturated rings. The van der Waals surface area contributed by atoms with Crippen LogP contribution < -0.4 is 10.6 Å². The fourth-order valence-electron chi connectivity index (χ4n) is 1.86. The number of hydrogen-bond acceptors (Lipinski definition) is 5. The van der Waals surface area contributed by atoms with Crippen LogP contribution in [0.3, 0.4) is 0 Å². The molecule has 3 N–H and O–H groups in total. The number of rotatable bonds is 6. The van der Waals surface area contributed by atoms with E-state index in [0.29, 0.717) is 24.1 Å². The quantitative estimate of drug-likeness (QED) is 0.747. The van der Waals surface area contributed by atoms with Gasteiger partial charge in [0.25, 0.3) is 0 Å². The minimum Gasteiger partial charge on any atom is -0.391 e. The minimum atomic E-state index is -0.544. The van der Waals surface area contributed by atoms with Gasteiger partial charge in [0.15, 0.2) is 5.82 Å². The van der Waals surface area contributed by atoms with Gasteiger partial charge in [0.05, 0.1) is 6.10 Å². The summed E-state index contributed by atoms with van der Waals surface area (Å²) in [5.41, 5.74) is -0.204. The fraction of sp³-hybridized carbons (Fsp3) is 0.800. The van der Waals surface area contributed by atoms with Gasteiger partial charge in [0, 0.05) is 12.0 Å². The first kappa shape index (κ1) is 18.4. The molecule has 0 saturated carbocycles.